The molecule has 2 rings (SSSR count). The van der Waals surface area contributed by atoms with Gasteiger partial charge in [-0.2, -0.15) is 5.26 Å². The largest absolute Gasteiger partial charge is 0.294 e. The van der Waals surface area contributed by atoms with Gasteiger partial charge in [0.25, 0.3) is 0 Å². The highest BCUT2D eigenvalue weighted by Gasteiger charge is 2.52. The van der Waals surface area contributed by atoms with Gasteiger partial charge in [0.2, 0.25) is 0 Å². The lowest BCUT2D eigenvalue weighted by molar-refractivity contribution is 0.216. The Morgan fingerprint density at radius 1 is 1.36 bits per heavy atom. The summed E-state index contributed by atoms with van der Waals surface area (Å²) in [5.41, 5.74) is -0.151. The highest BCUT2D eigenvalue weighted by Crippen LogP contribution is 2.51. The summed E-state index contributed by atoms with van der Waals surface area (Å²) in [6, 6.07) is 2.55. The first-order chi connectivity index (χ1) is 6.45. The molecule has 0 aromatic rings. The summed E-state index contributed by atoms with van der Waals surface area (Å²) in [5, 5.41) is 12.9. The molecule has 14 heavy (non-hydrogen) atoms. The topological polar surface area (TPSA) is 35.8 Å². The molecule has 2 aliphatic carbocycles. The van der Waals surface area contributed by atoms with Crippen LogP contribution in [0.15, 0.2) is 0 Å². The summed E-state index contributed by atoms with van der Waals surface area (Å²) in [6.07, 6.45) is 4.95. The van der Waals surface area contributed by atoms with Crippen molar-refractivity contribution in [3.8, 4) is 6.07 Å². The molecule has 2 fully saturated rings. The van der Waals surface area contributed by atoms with Crippen LogP contribution in [0.1, 0.15) is 46.5 Å². The van der Waals surface area contributed by atoms with Crippen LogP contribution >= 0.6 is 0 Å². The lowest BCUT2D eigenvalue weighted by atomic mass is 9.80. The van der Waals surface area contributed by atoms with Crippen molar-refractivity contribution in [2.45, 2.75) is 57.5 Å². The molecule has 2 saturated carbocycles. The van der Waals surface area contributed by atoms with Crippen molar-refractivity contribution in [2.75, 3.05) is 0 Å². The Kier molecular flexibility index (Phi) is 2.12. The van der Waals surface area contributed by atoms with E-state index in [1.807, 2.05) is 0 Å². The second kappa shape index (κ2) is 2.97. The second-order valence-electron chi connectivity index (χ2n) is 6.04. The van der Waals surface area contributed by atoms with Crippen molar-refractivity contribution in [1.29, 1.82) is 5.26 Å². The van der Waals surface area contributed by atoms with Gasteiger partial charge in [-0.05, 0) is 58.3 Å². The van der Waals surface area contributed by atoms with Gasteiger partial charge in [0.1, 0.15) is 5.54 Å². The predicted molar refractivity (Wildman–Crippen MR) is 56.7 cm³/mol. The van der Waals surface area contributed by atoms with Crippen LogP contribution in [0.4, 0.5) is 0 Å². The van der Waals surface area contributed by atoms with Crippen LogP contribution in [0.5, 0.6) is 0 Å². The molecule has 2 nitrogen and oxygen atoms in total. The molecular weight excluding hydrogens is 172 g/mol. The molecule has 2 aliphatic rings. The van der Waals surface area contributed by atoms with Crippen LogP contribution < -0.4 is 5.32 Å². The zero-order valence-electron chi connectivity index (χ0n) is 9.43. The molecule has 1 unspecified atom stereocenters. The third-order valence-corrected chi connectivity index (χ3v) is 3.65. The summed E-state index contributed by atoms with van der Waals surface area (Å²) in [7, 11) is 0. The van der Waals surface area contributed by atoms with Gasteiger partial charge < -0.3 is 0 Å². The summed E-state index contributed by atoms with van der Waals surface area (Å²) >= 11 is 0. The minimum atomic E-state index is -0.207. The Balaban J connectivity index is 2.17. The van der Waals surface area contributed by atoms with E-state index < -0.39 is 0 Å². The second-order valence-corrected chi connectivity index (χ2v) is 6.04. The molecule has 0 aliphatic heterocycles. The van der Waals surface area contributed by atoms with Crippen molar-refractivity contribution in [1.82, 2.24) is 5.32 Å². The molecule has 0 saturated heterocycles. The van der Waals surface area contributed by atoms with E-state index in [0.717, 1.165) is 12.3 Å². The first-order valence-corrected chi connectivity index (χ1v) is 5.66. The SMILES string of the molecule is CC(C)(C)NC1(C#N)C[C@@H]2CC[C@H]1C2. The highest BCUT2D eigenvalue weighted by atomic mass is 15.1. The van der Waals surface area contributed by atoms with Gasteiger partial charge in [-0.3, -0.25) is 5.32 Å². The van der Waals surface area contributed by atoms with Crippen LogP contribution in [-0.4, -0.2) is 11.1 Å². The van der Waals surface area contributed by atoms with E-state index in [9.17, 15) is 5.26 Å². The van der Waals surface area contributed by atoms with Crippen molar-refractivity contribution in [2.24, 2.45) is 11.8 Å². The number of hydrogen-bond acceptors (Lipinski definition) is 2. The van der Waals surface area contributed by atoms with Gasteiger partial charge in [-0.25, -0.2) is 0 Å². The van der Waals surface area contributed by atoms with Crippen LogP contribution in [0.25, 0.3) is 0 Å². The van der Waals surface area contributed by atoms with Gasteiger partial charge in [-0.1, -0.05) is 0 Å². The zero-order valence-corrected chi connectivity index (χ0v) is 9.43. The third kappa shape index (κ3) is 1.54. The van der Waals surface area contributed by atoms with Crippen LogP contribution in [0.2, 0.25) is 0 Å². The standard InChI is InChI=1S/C12H20N2/c1-11(2,3)14-12(8-13)7-9-4-5-10(12)6-9/h9-10,14H,4-7H2,1-3H3/t9-,10+,12?/m1/s1. The van der Waals surface area contributed by atoms with Crippen molar-refractivity contribution < 1.29 is 0 Å². The molecule has 1 N–H and O–H groups in total. The number of rotatable bonds is 1. The summed E-state index contributed by atoms with van der Waals surface area (Å²) in [4.78, 5) is 0. The Labute approximate surface area is 86.7 Å². The van der Waals surface area contributed by atoms with Crippen LogP contribution in [-0.2, 0) is 0 Å². The van der Waals surface area contributed by atoms with Crippen molar-refractivity contribution in [3.63, 3.8) is 0 Å². The average Bonchev–Trinajstić information content (AvgIpc) is 2.60. The minimum Gasteiger partial charge on any atom is -0.294 e. The maximum atomic E-state index is 9.39. The number of hydrogen-bond donors (Lipinski definition) is 1. The lowest BCUT2D eigenvalue weighted by Crippen LogP contribution is -2.56. The fraction of sp³-hybridized carbons (Fsp3) is 0.917. The van der Waals surface area contributed by atoms with Gasteiger partial charge in [0.05, 0.1) is 6.07 Å². The molecule has 0 heterocycles. The lowest BCUT2D eigenvalue weighted by Gasteiger charge is -2.38. The smallest absolute Gasteiger partial charge is 0.110 e. The fourth-order valence-electron chi connectivity index (χ4n) is 3.32. The Morgan fingerprint density at radius 3 is 2.43 bits per heavy atom. The molecule has 0 radical (unpaired) electrons. The van der Waals surface area contributed by atoms with Crippen LogP contribution in [0.3, 0.4) is 0 Å². The van der Waals surface area contributed by atoms with Gasteiger partial charge >= 0.3 is 0 Å². The van der Waals surface area contributed by atoms with E-state index in [1.54, 1.807) is 0 Å². The van der Waals surface area contributed by atoms with Gasteiger partial charge in [-0.15, -0.1) is 0 Å². The summed E-state index contributed by atoms with van der Waals surface area (Å²) in [5.74, 6) is 1.42. The fourth-order valence-corrected chi connectivity index (χ4v) is 3.32. The molecule has 0 aromatic carbocycles. The normalized spacial score (nSPS) is 41.3. The van der Waals surface area contributed by atoms with E-state index in [2.05, 4.69) is 32.2 Å². The minimum absolute atomic E-state index is 0.0558. The van der Waals surface area contributed by atoms with Gasteiger partial charge in [0, 0.05) is 5.54 Å². The maximum Gasteiger partial charge on any atom is 0.110 e. The van der Waals surface area contributed by atoms with Crippen molar-refractivity contribution in [3.05, 3.63) is 0 Å². The molecular formula is C12H20N2. The van der Waals surface area contributed by atoms with E-state index >= 15 is 0 Å². The van der Waals surface area contributed by atoms with Crippen molar-refractivity contribution >= 4 is 0 Å². The molecule has 2 heteroatoms. The Morgan fingerprint density at radius 2 is 2.07 bits per heavy atom. The van der Waals surface area contributed by atoms with E-state index in [0.29, 0.717) is 5.92 Å². The number of nitriles is 1. The molecule has 0 aromatic heterocycles. The number of nitrogens with one attached hydrogen (secondary N) is 1. The quantitative estimate of drug-likeness (QED) is 0.692. The summed E-state index contributed by atoms with van der Waals surface area (Å²) < 4.78 is 0. The monoisotopic (exact) mass is 192 g/mol. The van der Waals surface area contributed by atoms with E-state index in [-0.39, 0.29) is 11.1 Å². The Hall–Kier alpha value is -0.550. The van der Waals surface area contributed by atoms with Crippen LogP contribution in [0, 0.1) is 23.2 Å². The predicted octanol–water partition coefficient (Wildman–Crippen LogP) is 2.46. The number of fused-ring (bicyclic) bond motifs is 2. The average molecular weight is 192 g/mol. The first-order valence-electron chi connectivity index (χ1n) is 5.66. The molecule has 78 valence electrons. The molecule has 0 amide bonds. The molecule has 0 spiro atoms. The highest BCUT2D eigenvalue weighted by molar-refractivity contribution is 5.19. The first kappa shape index (κ1) is 9.98. The third-order valence-electron chi connectivity index (χ3n) is 3.65. The van der Waals surface area contributed by atoms with Gasteiger partial charge in [0.15, 0.2) is 0 Å². The zero-order chi connectivity index (χ0) is 10.4. The Bertz CT molecular complexity index is 271. The maximum absolute atomic E-state index is 9.39. The molecule has 3 atom stereocenters. The number of nitrogens with zero attached hydrogens (tertiary/aromatic N) is 1. The van der Waals surface area contributed by atoms with E-state index in [4.69, 9.17) is 0 Å². The summed E-state index contributed by atoms with van der Waals surface area (Å²) in [6.45, 7) is 6.45. The molecule has 2 bridgehead atoms. The van der Waals surface area contributed by atoms with E-state index in [1.165, 1.54) is 19.3 Å².